The van der Waals surface area contributed by atoms with Crippen LogP contribution in [0.25, 0.3) is 0 Å². The zero-order valence-corrected chi connectivity index (χ0v) is 14.0. The molecule has 0 N–H and O–H groups in total. The van der Waals surface area contributed by atoms with Gasteiger partial charge in [-0.15, -0.1) is 0 Å². The number of nitrogens with zero attached hydrogens (tertiary/aromatic N) is 4. The lowest BCUT2D eigenvalue weighted by atomic mass is 10.1. The highest BCUT2D eigenvalue weighted by Gasteiger charge is 2.34. The number of hydrogen-bond acceptors (Lipinski definition) is 4. The molecule has 13 heteroatoms. The number of aromatic nitrogens is 2. The molecule has 0 saturated carbocycles. The molecule has 1 aromatic heterocycles. The third kappa shape index (κ3) is 4.56. The summed E-state index contributed by atoms with van der Waals surface area (Å²) in [5.74, 6) is 0. The third-order valence-corrected chi connectivity index (χ3v) is 3.62. The fraction of sp³-hybridized carbons (Fsp3) is 0.286. The molecule has 0 spiro atoms. The predicted molar refractivity (Wildman–Crippen MR) is 81.2 cm³/mol. The maximum Gasteiger partial charge on any atom is 0.433 e. The molecule has 0 unspecified atom stereocenters. The number of nitro groups is 1. The van der Waals surface area contributed by atoms with E-state index in [0.717, 1.165) is 4.57 Å². The monoisotopic (exact) mass is 414 g/mol. The predicted octanol–water partition coefficient (Wildman–Crippen LogP) is 4.73. The summed E-state index contributed by atoms with van der Waals surface area (Å²) < 4.78 is 77.9. The zero-order valence-electron chi connectivity index (χ0n) is 13.3. The van der Waals surface area contributed by atoms with Crippen LogP contribution in [0.3, 0.4) is 0 Å². The zero-order chi connectivity index (χ0) is 20.6. The Labute approximate surface area is 151 Å². The summed E-state index contributed by atoms with van der Waals surface area (Å²) >= 11 is 5.77. The van der Waals surface area contributed by atoms with Gasteiger partial charge in [0.15, 0.2) is 5.69 Å². The molecular weight excluding hydrogens is 406 g/mol. The van der Waals surface area contributed by atoms with Gasteiger partial charge in [0.2, 0.25) is 5.62 Å². The number of alkyl halides is 6. The highest BCUT2D eigenvalue weighted by Crippen LogP contribution is 2.36. The van der Waals surface area contributed by atoms with E-state index in [-0.39, 0.29) is 12.6 Å². The van der Waals surface area contributed by atoms with Gasteiger partial charge < -0.3 is 4.57 Å². The second-order valence-electron chi connectivity index (χ2n) is 5.08. The molecule has 2 aromatic rings. The average Bonchev–Trinajstić information content (AvgIpc) is 2.52. The molecule has 2 rings (SSSR count). The molecule has 0 bridgehead atoms. The van der Waals surface area contributed by atoms with Gasteiger partial charge in [0, 0.05) is 18.7 Å². The van der Waals surface area contributed by atoms with Gasteiger partial charge in [-0.05, 0) is 19.1 Å². The molecular formula is C14H9ClF6N4O2. The highest BCUT2D eigenvalue weighted by molar-refractivity contribution is 6.29. The van der Waals surface area contributed by atoms with Crippen molar-refractivity contribution >= 4 is 23.0 Å². The van der Waals surface area contributed by atoms with Crippen LogP contribution in [0.5, 0.6) is 0 Å². The average molecular weight is 415 g/mol. The largest absolute Gasteiger partial charge is 0.433 e. The summed E-state index contributed by atoms with van der Waals surface area (Å²) in [4.78, 5) is 16.9. The standard InChI is InChI=1S/C14H9ClF6N4O2/c1-2-24-11(15)6-10(14(19,20)21)23-12(24)22-8-4-3-7(13(16,17)18)5-9(8)25(26)27/h3-6H,2H2,1H3. The minimum absolute atomic E-state index is 0.0111. The van der Waals surface area contributed by atoms with Crippen molar-refractivity contribution in [2.75, 3.05) is 0 Å². The number of nitro benzene ring substituents is 1. The van der Waals surface area contributed by atoms with Gasteiger partial charge in [-0.3, -0.25) is 10.1 Å². The topological polar surface area (TPSA) is 73.3 Å². The molecule has 1 aromatic carbocycles. The molecule has 0 amide bonds. The molecule has 0 fully saturated rings. The molecule has 0 radical (unpaired) electrons. The van der Waals surface area contributed by atoms with Crippen LogP contribution in [-0.2, 0) is 18.9 Å². The Kier molecular flexibility index (Phi) is 5.50. The summed E-state index contributed by atoms with van der Waals surface area (Å²) in [5.41, 5.74) is -4.97. The van der Waals surface area contributed by atoms with Crippen molar-refractivity contribution in [3.63, 3.8) is 0 Å². The molecule has 0 aliphatic carbocycles. The van der Waals surface area contributed by atoms with Crippen molar-refractivity contribution < 1.29 is 31.3 Å². The van der Waals surface area contributed by atoms with Crippen LogP contribution in [0.2, 0.25) is 5.15 Å². The third-order valence-electron chi connectivity index (χ3n) is 3.30. The minimum Gasteiger partial charge on any atom is -0.301 e. The minimum atomic E-state index is -4.87. The molecule has 0 aliphatic heterocycles. The van der Waals surface area contributed by atoms with Crippen molar-refractivity contribution in [3.05, 3.63) is 56.4 Å². The second kappa shape index (κ2) is 7.18. The summed E-state index contributed by atoms with van der Waals surface area (Å²) in [6.07, 6.45) is -9.71. The maximum atomic E-state index is 12.9. The van der Waals surface area contributed by atoms with E-state index in [1.807, 2.05) is 0 Å². The maximum absolute atomic E-state index is 12.9. The molecule has 0 atom stereocenters. The first kappa shape index (κ1) is 20.7. The summed E-state index contributed by atoms with van der Waals surface area (Å²) in [6, 6.07) is 1.99. The molecule has 146 valence electrons. The van der Waals surface area contributed by atoms with Crippen LogP contribution >= 0.6 is 11.6 Å². The fourth-order valence-corrected chi connectivity index (χ4v) is 2.36. The van der Waals surface area contributed by atoms with Gasteiger partial charge in [0.1, 0.15) is 10.8 Å². The van der Waals surface area contributed by atoms with E-state index in [2.05, 4.69) is 9.98 Å². The Morgan fingerprint density at radius 3 is 2.30 bits per heavy atom. The van der Waals surface area contributed by atoms with Gasteiger partial charge in [0.05, 0.1) is 10.5 Å². The first-order valence-corrected chi connectivity index (χ1v) is 7.47. The van der Waals surface area contributed by atoms with E-state index < -0.39 is 50.7 Å². The van der Waals surface area contributed by atoms with Crippen LogP contribution < -0.4 is 5.62 Å². The van der Waals surface area contributed by atoms with Crippen molar-refractivity contribution in [1.29, 1.82) is 0 Å². The van der Waals surface area contributed by atoms with E-state index in [9.17, 15) is 36.5 Å². The van der Waals surface area contributed by atoms with E-state index >= 15 is 0 Å². The van der Waals surface area contributed by atoms with Gasteiger partial charge in [-0.25, -0.2) is 9.98 Å². The fourth-order valence-electron chi connectivity index (χ4n) is 2.06. The Bertz CT molecular complexity index is 952. The van der Waals surface area contributed by atoms with Gasteiger partial charge in [-0.2, -0.15) is 26.3 Å². The molecule has 1 heterocycles. The summed E-state index contributed by atoms with van der Waals surface area (Å²) in [6.45, 7) is 1.51. The summed E-state index contributed by atoms with van der Waals surface area (Å²) in [5, 5.41) is 10.7. The lowest BCUT2D eigenvalue weighted by molar-refractivity contribution is -0.384. The number of rotatable bonds is 3. The van der Waals surface area contributed by atoms with Crippen LogP contribution in [0.15, 0.2) is 29.3 Å². The van der Waals surface area contributed by atoms with Crippen molar-refractivity contribution in [2.45, 2.75) is 25.8 Å². The Morgan fingerprint density at radius 2 is 1.81 bits per heavy atom. The quantitative estimate of drug-likeness (QED) is 0.315. The Hall–Kier alpha value is -2.63. The number of hydrogen-bond donors (Lipinski definition) is 0. The Balaban J connectivity index is 2.78. The first-order chi connectivity index (χ1) is 12.3. The van der Waals surface area contributed by atoms with Gasteiger partial charge in [0.25, 0.3) is 5.69 Å². The molecule has 0 saturated heterocycles. The van der Waals surface area contributed by atoms with Gasteiger partial charge in [-0.1, -0.05) is 11.6 Å². The van der Waals surface area contributed by atoms with Crippen LogP contribution in [0, 0.1) is 10.1 Å². The van der Waals surface area contributed by atoms with E-state index in [1.165, 1.54) is 6.92 Å². The van der Waals surface area contributed by atoms with Crippen LogP contribution in [0.4, 0.5) is 37.7 Å². The lowest BCUT2D eigenvalue weighted by Crippen LogP contribution is -2.28. The lowest BCUT2D eigenvalue weighted by Gasteiger charge is -2.11. The van der Waals surface area contributed by atoms with Crippen molar-refractivity contribution in [1.82, 2.24) is 9.55 Å². The van der Waals surface area contributed by atoms with Crippen molar-refractivity contribution in [3.8, 4) is 0 Å². The number of halogens is 7. The normalized spacial score (nSPS) is 13.1. The van der Waals surface area contributed by atoms with Crippen LogP contribution in [-0.4, -0.2) is 14.5 Å². The molecule has 0 aliphatic rings. The smallest absolute Gasteiger partial charge is 0.301 e. The molecule has 6 nitrogen and oxygen atoms in total. The summed E-state index contributed by atoms with van der Waals surface area (Å²) in [7, 11) is 0. The SMILES string of the molecule is CCn1c(Cl)cc(C(F)(F)F)nc1=Nc1ccc(C(F)(F)F)cc1[N+](=O)[O-]. The van der Waals surface area contributed by atoms with E-state index in [4.69, 9.17) is 11.6 Å². The van der Waals surface area contributed by atoms with E-state index in [0.29, 0.717) is 18.2 Å². The van der Waals surface area contributed by atoms with Crippen molar-refractivity contribution in [2.24, 2.45) is 4.99 Å². The van der Waals surface area contributed by atoms with Crippen LogP contribution in [0.1, 0.15) is 18.2 Å². The second-order valence-corrected chi connectivity index (χ2v) is 5.46. The molecule has 27 heavy (non-hydrogen) atoms. The van der Waals surface area contributed by atoms with Gasteiger partial charge >= 0.3 is 12.4 Å². The number of benzene rings is 1. The highest BCUT2D eigenvalue weighted by atomic mass is 35.5. The Morgan fingerprint density at radius 1 is 1.19 bits per heavy atom. The van der Waals surface area contributed by atoms with E-state index in [1.54, 1.807) is 0 Å². The first-order valence-electron chi connectivity index (χ1n) is 7.09.